The number of nitrogens with one attached hydrogen (secondary N) is 1. The summed E-state index contributed by atoms with van der Waals surface area (Å²) in [6.45, 7) is 4.74. The van der Waals surface area contributed by atoms with E-state index in [1.807, 2.05) is 26.0 Å². The number of nitrogens with zero attached hydrogens (tertiary/aromatic N) is 1. The Morgan fingerprint density at radius 1 is 1.43 bits per heavy atom. The van der Waals surface area contributed by atoms with Crippen LogP contribution in [-0.2, 0) is 4.79 Å². The first-order valence-corrected chi connectivity index (χ1v) is 8.28. The Morgan fingerprint density at radius 3 is 2.83 bits per heavy atom. The SMILES string of the molecule is Cc1cc(C2=NNC(=O)CC2C)cc(Cl)c1OCC1CC1CO. The van der Waals surface area contributed by atoms with Crippen molar-refractivity contribution in [2.75, 3.05) is 13.2 Å². The van der Waals surface area contributed by atoms with E-state index < -0.39 is 0 Å². The van der Waals surface area contributed by atoms with Crippen LogP contribution < -0.4 is 10.2 Å². The maximum absolute atomic E-state index is 11.4. The van der Waals surface area contributed by atoms with Crippen molar-refractivity contribution in [3.63, 3.8) is 0 Å². The lowest BCUT2D eigenvalue weighted by Gasteiger charge is -2.20. The number of hydrogen-bond donors (Lipinski definition) is 2. The van der Waals surface area contributed by atoms with Gasteiger partial charge < -0.3 is 9.84 Å². The fourth-order valence-electron chi connectivity index (χ4n) is 2.99. The van der Waals surface area contributed by atoms with Gasteiger partial charge in [-0.1, -0.05) is 18.5 Å². The highest BCUT2D eigenvalue weighted by atomic mass is 35.5. The Kier molecular flexibility index (Phi) is 4.60. The molecule has 1 heterocycles. The van der Waals surface area contributed by atoms with Crippen molar-refractivity contribution in [3.8, 4) is 5.75 Å². The van der Waals surface area contributed by atoms with Crippen molar-refractivity contribution in [2.24, 2.45) is 22.9 Å². The highest BCUT2D eigenvalue weighted by molar-refractivity contribution is 6.32. The zero-order valence-corrected chi connectivity index (χ0v) is 14.1. The molecule has 0 saturated heterocycles. The second kappa shape index (κ2) is 6.49. The Balaban J connectivity index is 1.76. The van der Waals surface area contributed by atoms with Gasteiger partial charge in [-0.15, -0.1) is 0 Å². The van der Waals surface area contributed by atoms with E-state index in [4.69, 9.17) is 21.4 Å². The molecule has 0 aromatic heterocycles. The van der Waals surface area contributed by atoms with Crippen LogP contribution in [0.15, 0.2) is 17.2 Å². The van der Waals surface area contributed by atoms with Crippen LogP contribution in [0.5, 0.6) is 5.75 Å². The van der Waals surface area contributed by atoms with E-state index in [2.05, 4.69) is 10.5 Å². The Morgan fingerprint density at radius 2 is 2.22 bits per heavy atom. The lowest BCUT2D eigenvalue weighted by molar-refractivity contribution is -0.121. The molecule has 0 spiro atoms. The normalized spacial score (nSPS) is 26.5. The molecule has 2 N–H and O–H groups in total. The minimum atomic E-state index is -0.0631. The van der Waals surface area contributed by atoms with Gasteiger partial charge in [-0.25, -0.2) is 5.43 Å². The van der Waals surface area contributed by atoms with Gasteiger partial charge in [0.1, 0.15) is 5.75 Å². The van der Waals surface area contributed by atoms with Crippen LogP contribution in [0.25, 0.3) is 0 Å². The zero-order valence-electron chi connectivity index (χ0n) is 13.3. The first-order chi connectivity index (χ1) is 11.0. The van der Waals surface area contributed by atoms with Crippen LogP contribution >= 0.6 is 11.6 Å². The third kappa shape index (κ3) is 3.51. The fourth-order valence-corrected chi connectivity index (χ4v) is 3.31. The first kappa shape index (κ1) is 16.3. The van der Waals surface area contributed by atoms with E-state index in [1.165, 1.54) is 0 Å². The van der Waals surface area contributed by atoms with Crippen LogP contribution in [0.1, 0.15) is 30.9 Å². The van der Waals surface area contributed by atoms with Gasteiger partial charge in [-0.3, -0.25) is 4.79 Å². The van der Waals surface area contributed by atoms with Crippen molar-refractivity contribution in [2.45, 2.75) is 26.7 Å². The second-order valence-corrected chi connectivity index (χ2v) is 6.90. The second-order valence-electron chi connectivity index (χ2n) is 6.49. The summed E-state index contributed by atoms with van der Waals surface area (Å²) < 4.78 is 5.86. The summed E-state index contributed by atoms with van der Waals surface area (Å²) in [4.78, 5) is 11.4. The molecule has 1 aliphatic carbocycles. The van der Waals surface area contributed by atoms with Gasteiger partial charge in [0.15, 0.2) is 0 Å². The van der Waals surface area contributed by atoms with Crippen LogP contribution in [0.3, 0.4) is 0 Å². The Labute approximate surface area is 140 Å². The van der Waals surface area contributed by atoms with E-state index in [0.29, 0.717) is 35.6 Å². The molecule has 1 amide bonds. The number of carbonyl (C=O) groups is 1. The largest absolute Gasteiger partial charge is 0.491 e. The summed E-state index contributed by atoms with van der Waals surface area (Å²) in [7, 11) is 0. The van der Waals surface area contributed by atoms with Crippen molar-refractivity contribution in [1.29, 1.82) is 0 Å². The molecule has 124 valence electrons. The molecule has 5 nitrogen and oxygen atoms in total. The van der Waals surface area contributed by atoms with Crippen molar-refractivity contribution >= 4 is 23.2 Å². The molecule has 0 radical (unpaired) electrons. The predicted molar refractivity (Wildman–Crippen MR) is 88.8 cm³/mol. The number of carbonyl (C=O) groups excluding carboxylic acids is 1. The molecule has 0 bridgehead atoms. The molecule has 1 aliphatic heterocycles. The van der Waals surface area contributed by atoms with E-state index in [1.54, 1.807) is 0 Å². The molecule has 3 atom stereocenters. The number of hydrogen-bond acceptors (Lipinski definition) is 4. The summed E-state index contributed by atoms with van der Waals surface area (Å²) in [6.07, 6.45) is 1.44. The predicted octanol–water partition coefficient (Wildman–Crippen LogP) is 2.52. The van der Waals surface area contributed by atoms with Crippen molar-refractivity contribution in [3.05, 3.63) is 28.3 Å². The Hall–Kier alpha value is -1.59. The Bertz CT molecular complexity index is 636. The summed E-state index contributed by atoms with van der Waals surface area (Å²) in [5.74, 6) is 1.48. The molecule has 3 unspecified atom stereocenters. The average Bonchev–Trinajstić information content (AvgIpc) is 3.25. The minimum Gasteiger partial charge on any atom is -0.491 e. The molecule has 2 aliphatic rings. The molecule has 23 heavy (non-hydrogen) atoms. The number of aliphatic hydroxyl groups is 1. The molecule has 3 rings (SSSR count). The highest BCUT2D eigenvalue weighted by Crippen LogP contribution is 2.39. The molecular weight excluding hydrogens is 316 g/mol. The summed E-state index contributed by atoms with van der Waals surface area (Å²) in [5.41, 5.74) is 5.22. The van der Waals surface area contributed by atoms with E-state index in [9.17, 15) is 4.79 Å². The van der Waals surface area contributed by atoms with Gasteiger partial charge in [0.25, 0.3) is 0 Å². The smallest absolute Gasteiger partial charge is 0.240 e. The summed E-state index contributed by atoms with van der Waals surface area (Å²) in [5, 5.41) is 13.8. The fraction of sp³-hybridized carbons (Fsp3) is 0.529. The van der Waals surface area contributed by atoms with Gasteiger partial charge in [0.05, 0.1) is 17.3 Å². The zero-order chi connectivity index (χ0) is 16.6. The molecule has 1 aromatic rings. The molecule has 1 aromatic carbocycles. The number of benzene rings is 1. The lowest BCUT2D eigenvalue weighted by Crippen LogP contribution is -2.32. The highest BCUT2D eigenvalue weighted by Gasteiger charge is 2.37. The summed E-state index contributed by atoms with van der Waals surface area (Å²) >= 11 is 6.39. The third-order valence-electron chi connectivity index (χ3n) is 4.53. The van der Waals surface area contributed by atoms with E-state index in [-0.39, 0.29) is 18.4 Å². The van der Waals surface area contributed by atoms with Crippen molar-refractivity contribution in [1.82, 2.24) is 5.43 Å². The number of rotatable bonds is 5. The van der Waals surface area contributed by atoms with Crippen LogP contribution in [0, 0.1) is 24.7 Å². The first-order valence-electron chi connectivity index (χ1n) is 7.90. The number of ether oxygens (including phenoxy) is 1. The lowest BCUT2D eigenvalue weighted by atomic mass is 9.93. The van der Waals surface area contributed by atoms with E-state index >= 15 is 0 Å². The van der Waals surface area contributed by atoms with E-state index in [0.717, 1.165) is 23.3 Å². The summed E-state index contributed by atoms with van der Waals surface area (Å²) in [6, 6.07) is 3.83. The molecule has 1 fully saturated rings. The molecule has 6 heteroatoms. The number of aliphatic hydroxyl groups excluding tert-OH is 1. The maximum Gasteiger partial charge on any atom is 0.240 e. The van der Waals surface area contributed by atoms with Gasteiger partial charge in [0.2, 0.25) is 5.91 Å². The van der Waals surface area contributed by atoms with Gasteiger partial charge in [-0.05, 0) is 42.9 Å². The van der Waals surface area contributed by atoms with Crippen LogP contribution in [0.2, 0.25) is 5.02 Å². The minimum absolute atomic E-state index is 0.0581. The topological polar surface area (TPSA) is 70.9 Å². The van der Waals surface area contributed by atoms with Gasteiger partial charge in [0, 0.05) is 24.5 Å². The monoisotopic (exact) mass is 336 g/mol. The van der Waals surface area contributed by atoms with Crippen LogP contribution in [0.4, 0.5) is 0 Å². The maximum atomic E-state index is 11.4. The number of halogens is 1. The number of hydrazone groups is 1. The van der Waals surface area contributed by atoms with Gasteiger partial charge in [-0.2, -0.15) is 5.10 Å². The third-order valence-corrected chi connectivity index (χ3v) is 4.81. The standard InChI is InChI=1S/C17H21ClN2O3/c1-9-4-15(22)19-20-16(9)11-3-10(2)17(14(18)6-11)23-8-13-5-12(13)7-21/h3,6,9,12-13,21H,4-5,7-8H2,1-2H3,(H,19,22). The number of amides is 1. The van der Waals surface area contributed by atoms with Gasteiger partial charge >= 0.3 is 0 Å². The van der Waals surface area contributed by atoms with Crippen molar-refractivity contribution < 1.29 is 14.6 Å². The molecular formula is C17H21ClN2O3. The average molecular weight is 337 g/mol. The number of aryl methyl sites for hydroxylation is 1. The quantitative estimate of drug-likeness (QED) is 0.868. The molecule has 1 saturated carbocycles. The van der Waals surface area contributed by atoms with Crippen LogP contribution in [-0.4, -0.2) is 29.9 Å².